The monoisotopic (exact) mass is 226 g/mol. The molecular formula is C13H26N2O. The van der Waals surface area contributed by atoms with E-state index in [1.165, 1.54) is 32.2 Å². The highest BCUT2D eigenvalue weighted by atomic mass is 16.5. The van der Waals surface area contributed by atoms with Gasteiger partial charge in [-0.2, -0.15) is 0 Å². The van der Waals surface area contributed by atoms with Crippen molar-refractivity contribution in [2.45, 2.75) is 57.7 Å². The Morgan fingerprint density at radius 1 is 1.31 bits per heavy atom. The van der Waals surface area contributed by atoms with Crippen LogP contribution in [0.5, 0.6) is 0 Å². The van der Waals surface area contributed by atoms with E-state index < -0.39 is 0 Å². The minimum absolute atomic E-state index is 0.408. The van der Waals surface area contributed by atoms with E-state index >= 15 is 0 Å². The maximum atomic E-state index is 5.73. The highest BCUT2D eigenvalue weighted by Gasteiger charge is 2.32. The van der Waals surface area contributed by atoms with Gasteiger partial charge in [-0.1, -0.05) is 13.3 Å². The number of likely N-dealkylation sites (N-methyl/N-ethyl adjacent to an activating group) is 1. The van der Waals surface area contributed by atoms with Crippen molar-refractivity contribution in [3.63, 3.8) is 0 Å². The molecule has 1 heterocycles. The van der Waals surface area contributed by atoms with Gasteiger partial charge in [-0.15, -0.1) is 0 Å². The maximum absolute atomic E-state index is 5.73. The van der Waals surface area contributed by atoms with Gasteiger partial charge in [-0.25, -0.2) is 0 Å². The molecule has 0 radical (unpaired) electrons. The van der Waals surface area contributed by atoms with Crippen molar-refractivity contribution in [3.8, 4) is 0 Å². The summed E-state index contributed by atoms with van der Waals surface area (Å²) < 4.78 is 5.73. The summed E-state index contributed by atoms with van der Waals surface area (Å²) in [7, 11) is 0. The summed E-state index contributed by atoms with van der Waals surface area (Å²) in [6.07, 6.45) is 5.70. The lowest BCUT2D eigenvalue weighted by atomic mass is 10.1. The van der Waals surface area contributed by atoms with Crippen molar-refractivity contribution in [2.75, 3.05) is 26.2 Å². The minimum Gasteiger partial charge on any atom is -0.377 e. The molecule has 0 aromatic heterocycles. The third kappa shape index (κ3) is 2.96. The van der Waals surface area contributed by atoms with Gasteiger partial charge in [0.25, 0.3) is 0 Å². The van der Waals surface area contributed by atoms with Gasteiger partial charge < -0.3 is 10.1 Å². The average molecular weight is 226 g/mol. The molecule has 1 aliphatic heterocycles. The first-order chi connectivity index (χ1) is 7.81. The average Bonchev–Trinajstić information content (AvgIpc) is 2.61. The summed E-state index contributed by atoms with van der Waals surface area (Å²) in [5.74, 6) is 0. The highest BCUT2D eigenvalue weighted by molar-refractivity contribution is 4.91. The van der Waals surface area contributed by atoms with Gasteiger partial charge in [0.2, 0.25) is 0 Å². The molecule has 0 aromatic carbocycles. The summed E-state index contributed by atoms with van der Waals surface area (Å²) in [5, 5.41) is 3.64. The first kappa shape index (κ1) is 12.3. The van der Waals surface area contributed by atoms with Gasteiger partial charge in [0, 0.05) is 31.8 Å². The molecule has 1 N–H and O–H groups in total. The van der Waals surface area contributed by atoms with Crippen LogP contribution < -0.4 is 5.32 Å². The summed E-state index contributed by atoms with van der Waals surface area (Å²) >= 11 is 0. The van der Waals surface area contributed by atoms with Crippen LogP contribution in [0.1, 0.15) is 39.5 Å². The van der Waals surface area contributed by atoms with Crippen LogP contribution >= 0.6 is 0 Å². The summed E-state index contributed by atoms with van der Waals surface area (Å²) in [6.45, 7) is 8.79. The molecule has 3 heteroatoms. The highest BCUT2D eigenvalue weighted by Crippen LogP contribution is 2.25. The van der Waals surface area contributed by atoms with Crippen LogP contribution in [0.2, 0.25) is 0 Å². The lowest BCUT2D eigenvalue weighted by Gasteiger charge is -2.33. The molecule has 1 saturated carbocycles. The van der Waals surface area contributed by atoms with E-state index in [9.17, 15) is 0 Å². The van der Waals surface area contributed by atoms with Crippen molar-refractivity contribution in [2.24, 2.45) is 0 Å². The largest absolute Gasteiger partial charge is 0.377 e. The molecule has 3 nitrogen and oxygen atoms in total. The fourth-order valence-corrected chi connectivity index (χ4v) is 3.21. The van der Waals surface area contributed by atoms with Gasteiger partial charge in [-0.05, 0) is 32.7 Å². The zero-order valence-electron chi connectivity index (χ0n) is 10.7. The van der Waals surface area contributed by atoms with Crippen molar-refractivity contribution in [3.05, 3.63) is 0 Å². The molecule has 3 unspecified atom stereocenters. The molecule has 16 heavy (non-hydrogen) atoms. The predicted molar refractivity (Wildman–Crippen MR) is 66.7 cm³/mol. The second kappa shape index (κ2) is 5.99. The number of ether oxygens (including phenoxy) is 1. The van der Waals surface area contributed by atoms with Crippen LogP contribution in [0.3, 0.4) is 0 Å². The van der Waals surface area contributed by atoms with E-state index in [4.69, 9.17) is 4.74 Å². The quantitative estimate of drug-likeness (QED) is 0.791. The molecule has 1 saturated heterocycles. The van der Waals surface area contributed by atoms with Gasteiger partial charge in [0.05, 0.1) is 6.10 Å². The van der Waals surface area contributed by atoms with E-state index in [1.807, 2.05) is 0 Å². The fraction of sp³-hybridized carbons (Fsp3) is 1.00. The van der Waals surface area contributed by atoms with Gasteiger partial charge in [0.1, 0.15) is 0 Å². The van der Waals surface area contributed by atoms with Crippen molar-refractivity contribution < 1.29 is 4.74 Å². The molecule has 2 rings (SSSR count). The van der Waals surface area contributed by atoms with E-state index in [-0.39, 0.29) is 0 Å². The maximum Gasteiger partial charge on any atom is 0.0674 e. The molecule has 2 aliphatic rings. The molecule has 0 amide bonds. The Balaban J connectivity index is 1.93. The Morgan fingerprint density at radius 2 is 2.19 bits per heavy atom. The Kier molecular flexibility index (Phi) is 4.62. The fourth-order valence-electron chi connectivity index (χ4n) is 3.21. The van der Waals surface area contributed by atoms with Gasteiger partial charge in [-0.3, -0.25) is 4.90 Å². The third-order valence-corrected chi connectivity index (χ3v) is 3.90. The number of rotatable bonds is 3. The Hall–Kier alpha value is -0.120. The van der Waals surface area contributed by atoms with Crippen LogP contribution in [-0.2, 0) is 4.74 Å². The predicted octanol–water partition coefficient (Wildman–Crippen LogP) is 1.63. The Bertz CT molecular complexity index is 210. The first-order valence-electron chi connectivity index (χ1n) is 6.90. The van der Waals surface area contributed by atoms with Crippen molar-refractivity contribution in [1.29, 1.82) is 0 Å². The van der Waals surface area contributed by atoms with E-state index in [2.05, 4.69) is 24.1 Å². The minimum atomic E-state index is 0.408. The number of hydrogen-bond donors (Lipinski definition) is 1. The van der Waals surface area contributed by atoms with Crippen LogP contribution in [0.25, 0.3) is 0 Å². The van der Waals surface area contributed by atoms with Crippen molar-refractivity contribution >= 4 is 0 Å². The molecular weight excluding hydrogens is 200 g/mol. The molecule has 1 aliphatic carbocycles. The molecule has 2 fully saturated rings. The molecule has 0 spiro atoms. The zero-order valence-corrected chi connectivity index (χ0v) is 10.7. The van der Waals surface area contributed by atoms with Gasteiger partial charge in [0.15, 0.2) is 0 Å². The van der Waals surface area contributed by atoms with Crippen LogP contribution in [-0.4, -0.2) is 49.3 Å². The summed E-state index contributed by atoms with van der Waals surface area (Å²) in [5.41, 5.74) is 0. The second-order valence-corrected chi connectivity index (χ2v) is 5.19. The molecule has 0 bridgehead atoms. The first-order valence-corrected chi connectivity index (χ1v) is 6.90. The smallest absolute Gasteiger partial charge is 0.0674 e. The summed E-state index contributed by atoms with van der Waals surface area (Å²) in [4.78, 5) is 2.66. The lowest BCUT2D eigenvalue weighted by Crippen LogP contribution is -2.48. The second-order valence-electron chi connectivity index (χ2n) is 5.19. The normalized spacial score (nSPS) is 37.5. The molecule has 3 atom stereocenters. The third-order valence-electron chi connectivity index (χ3n) is 3.90. The molecule has 0 aromatic rings. The van der Waals surface area contributed by atoms with E-state index in [1.54, 1.807) is 0 Å². The SMILES string of the molecule is CCNC1CCCC1N1CCCOC(C)C1. The number of nitrogens with zero attached hydrogens (tertiary/aromatic N) is 1. The van der Waals surface area contributed by atoms with Crippen molar-refractivity contribution in [1.82, 2.24) is 10.2 Å². The number of hydrogen-bond acceptors (Lipinski definition) is 3. The summed E-state index contributed by atoms with van der Waals surface area (Å²) in [6, 6.07) is 1.47. The van der Waals surface area contributed by atoms with E-state index in [0.717, 1.165) is 31.8 Å². The number of nitrogens with one attached hydrogen (secondary N) is 1. The topological polar surface area (TPSA) is 24.5 Å². The standard InChI is InChI=1S/C13H26N2O/c1-3-14-12-6-4-7-13(12)15-8-5-9-16-11(2)10-15/h11-14H,3-10H2,1-2H3. The Morgan fingerprint density at radius 3 is 3.00 bits per heavy atom. The lowest BCUT2D eigenvalue weighted by molar-refractivity contribution is 0.0585. The zero-order chi connectivity index (χ0) is 11.4. The Labute approximate surface area is 99.5 Å². The van der Waals surface area contributed by atoms with Crippen LogP contribution in [0, 0.1) is 0 Å². The van der Waals surface area contributed by atoms with E-state index in [0.29, 0.717) is 6.10 Å². The van der Waals surface area contributed by atoms with Gasteiger partial charge >= 0.3 is 0 Å². The van der Waals surface area contributed by atoms with Crippen LogP contribution in [0.4, 0.5) is 0 Å². The molecule has 94 valence electrons. The van der Waals surface area contributed by atoms with Crippen LogP contribution in [0.15, 0.2) is 0 Å².